The zero-order valence-electron chi connectivity index (χ0n) is 16.2. The molecule has 3 heteroatoms. The quantitative estimate of drug-likeness (QED) is 0.271. The molecule has 0 bridgehead atoms. The van der Waals surface area contributed by atoms with Gasteiger partial charge in [-0.2, -0.15) is 0 Å². The van der Waals surface area contributed by atoms with E-state index in [9.17, 15) is 4.79 Å². The highest BCUT2D eigenvalue weighted by Gasteiger charge is 2.06. The van der Waals surface area contributed by atoms with Crippen LogP contribution in [0.2, 0.25) is 0 Å². The molecule has 1 atom stereocenters. The molecule has 0 saturated heterocycles. The van der Waals surface area contributed by atoms with Crippen molar-refractivity contribution in [3.8, 4) is 0 Å². The van der Waals surface area contributed by atoms with Crippen molar-refractivity contribution in [3.05, 3.63) is 12.2 Å². The molecule has 0 aromatic rings. The monoisotopic (exact) mass is 339 g/mol. The van der Waals surface area contributed by atoms with Gasteiger partial charge in [-0.1, -0.05) is 76.9 Å². The van der Waals surface area contributed by atoms with Crippen molar-refractivity contribution in [2.45, 2.75) is 110 Å². The summed E-state index contributed by atoms with van der Waals surface area (Å²) >= 11 is 0. The summed E-state index contributed by atoms with van der Waals surface area (Å²) in [5.41, 5.74) is 0. The van der Waals surface area contributed by atoms with Gasteiger partial charge in [0.2, 0.25) is 5.91 Å². The fourth-order valence-electron chi connectivity index (χ4n) is 2.73. The van der Waals surface area contributed by atoms with E-state index in [-0.39, 0.29) is 5.91 Å². The number of unbranched alkanes of at least 4 members (excludes halogenated alkanes) is 12. The summed E-state index contributed by atoms with van der Waals surface area (Å²) in [5.74, 6) is -0.261. The SMILES string of the molecule is CCCCCCCC/C=C/CCCCCCCCNC(=O)C(C)O. The summed E-state index contributed by atoms with van der Waals surface area (Å²) in [6, 6.07) is 0. The maximum Gasteiger partial charge on any atom is 0.248 e. The lowest BCUT2D eigenvalue weighted by atomic mass is 10.1. The second-order valence-electron chi connectivity index (χ2n) is 6.90. The number of nitrogens with one attached hydrogen (secondary N) is 1. The number of hydrogen-bond donors (Lipinski definition) is 2. The lowest BCUT2D eigenvalue weighted by Gasteiger charge is -2.06. The molecule has 0 spiro atoms. The minimum atomic E-state index is -0.890. The van der Waals surface area contributed by atoms with E-state index in [1.54, 1.807) is 0 Å². The molecule has 0 aliphatic rings. The number of hydrogen-bond acceptors (Lipinski definition) is 2. The molecule has 3 nitrogen and oxygen atoms in total. The normalized spacial score (nSPS) is 12.6. The minimum absolute atomic E-state index is 0.261. The highest BCUT2D eigenvalue weighted by atomic mass is 16.3. The Morgan fingerprint density at radius 2 is 1.29 bits per heavy atom. The number of aliphatic hydroxyl groups excluding tert-OH is 1. The lowest BCUT2D eigenvalue weighted by Crippen LogP contribution is -2.33. The molecule has 0 fully saturated rings. The molecule has 0 saturated carbocycles. The number of rotatable bonds is 17. The molecule has 24 heavy (non-hydrogen) atoms. The Bertz CT molecular complexity index is 300. The van der Waals surface area contributed by atoms with Gasteiger partial charge in [0.25, 0.3) is 0 Å². The first-order chi connectivity index (χ1) is 11.7. The Balaban J connectivity index is 3.14. The summed E-state index contributed by atoms with van der Waals surface area (Å²) in [4.78, 5) is 11.1. The van der Waals surface area contributed by atoms with Gasteiger partial charge in [-0.3, -0.25) is 4.79 Å². The van der Waals surface area contributed by atoms with E-state index in [1.807, 2.05) is 0 Å². The number of aliphatic hydroxyl groups is 1. The predicted octanol–water partition coefficient (Wildman–Crippen LogP) is 5.52. The Hall–Kier alpha value is -0.830. The van der Waals surface area contributed by atoms with Crippen molar-refractivity contribution in [1.29, 1.82) is 0 Å². The van der Waals surface area contributed by atoms with Gasteiger partial charge >= 0.3 is 0 Å². The van der Waals surface area contributed by atoms with Gasteiger partial charge in [-0.05, 0) is 39.0 Å². The second-order valence-corrected chi connectivity index (χ2v) is 6.90. The third kappa shape index (κ3) is 17.5. The summed E-state index contributed by atoms with van der Waals surface area (Å²) in [5, 5.41) is 11.8. The van der Waals surface area contributed by atoms with Crippen LogP contribution in [-0.4, -0.2) is 23.7 Å². The zero-order chi connectivity index (χ0) is 17.9. The van der Waals surface area contributed by atoms with E-state index in [1.165, 1.54) is 84.0 Å². The van der Waals surface area contributed by atoms with Crippen LogP contribution in [0.15, 0.2) is 12.2 Å². The first kappa shape index (κ1) is 23.2. The molecule has 2 N–H and O–H groups in total. The second kappa shape index (κ2) is 18.5. The van der Waals surface area contributed by atoms with Crippen LogP contribution in [-0.2, 0) is 4.79 Å². The van der Waals surface area contributed by atoms with Gasteiger partial charge in [0, 0.05) is 6.54 Å². The van der Waals surface area contributed by atoms with Crippen LogP contribution in [0.1, 0.15) is 104 Å². The van der Waals surface area contributed by atoms with Crippen LogP contribution in [0.5, 0.6) is 0 Å². The molecule has 0 heterocycles. The molecule has 0 aromatic heterocycles. The van der Waals surface area contributed by atoms with Crippen LogP contribution in [0, 0.1) is 0 Å². The molecule has 0 radical (unpaired) electrons. The zero-order valence-corrected chi connectivity index (χ0v) is 16.2. The summed E-state index contributed by atoms with van der Waals surface area (Å²) in [6.45, 7) is 4.45. The highest BCUT2D eigenvalue weighted by Crippen LogP contribution is 2.09. The van der Waals surface area contributed by atoms with Crippen molar-refractivity contribution in [1.82, 2.24) is 5.32 Å². The van der Waals surface area contributed by atoms with E-state index in [2.05, 4.69) is 24.4 Å². The largest absolute Gasteiger partial charge is 0.384 e. The van der Waals surface area contributed by atoms with Gasteiger partial charge in [0.15, 0.2) is 0 Å². The molecule has 0 rings (SSSR count). The van der Waals surface area contributed by atoms with E-state index in [4.69, 9.17) is 5.11 Å². The fourth-order valence-corrected chi connectivity index (χ4v) is 2.73. The van der Waals surface area contributed by atoms with Crippen LogP contribution in [0.25, 0.3) is 0 Å². The Labute approximate surface area is 150 Å². The van der Waals surface area contributed by atoms with E-state index in [0.29, 0.717) is 6.54 Å². The smallest absolute Gasteiger partial charge is 0.248 e. The summed E-state index contributed by atoms with van der Waals surface area (Å²) < 4.78 is 0. The standard InChI is InChI=1S/C21H41NO2/c1-3-4-5-6-7-8-9-10-11-12-13-14-15-16-17-18-19-22-21(24)20(2)23/h10-11,20,23H,3-9,12-19H2,1-2H3,(H,22,24)/b11-10+. The molecule has 142 valence electrons. The van der Waals surface area contributed by atoms with E-state index < -0.39 is 6.10 Å². The lowest BCUT2D eigenvalue weighted by molar-refractivity contribution is -0.128. The van der Waals surface area contributed by atoms with Crippen LogP contribution in [0.4, 0.5) is 0 Å². The molecule has 0 aliphatic heterocycles. The van der Waals surface area contributed by atoms with E-state index >= 15 is 0 Å². The highest BCUT2D eigenvalue weighted by molar-refractivity contribution is 5.79. The number of carbonyl (C=O) groups is 1. The molecule has 0 aromatic carbocycles. The molecule has 1 amide bonds. The third-order valence-electron chi connectivity index (χ3n) is 4.37. The first-order valence-electron chi connectivity index (χ1n) is 10.3. The van der Waals surface area contributed by atoms with Crippen LogP contribution >= 0.6 is 0 Å². The molecule has 1 unspecified atom stereocenters. The Morgan fingerprint density at radius 3 is 1.79 bits per heavy atom. The summed E-state index contributed by atoms with van der Waals surface area (Å²) in [6.07, 6.45) is 21.9. The van der Waals surface area contributed by atoms with Gasteiger partial charge in [-0.15, -0.1) is 0 Å². The average Bonchev–Trinajstić information content (AvgIpc) is 2.57. The van der Waals surface area contributed by atoms with Gasteiger partial charge in [0.1, 0.15) is 6.10 Å². The fraction of sp³-hybridized carbons (Fsp3) is 0.857. The Kier molecular flexibility index (Phi) is 17.9. The molecule has 0 aliphatic carbocycles. The molecular weight excluding hydrogens is 298 g/mol. The predicted molar refractivity (Wildman–Crippen MR) is 104 cm³/mol. The van der Waals surface area contributed by atoms with E-state index in [0.717, 1.165) is 12.8 Å². The van der Waals surface area contributed by atoms with Crippen molar-refractivity contribution >= 4 is 5.91 Å². The van der Waals surface area contributed by atoms with Crippen molar-refractivity contribution < 1.29 is 9.90 Å². The maximum atomic E-state index is 11.1. The van der Waals surface area contributed by atoms with Crippen LogP contribution < -0.4 is 5.32 Å². The first-order valence-corrected chi connectivity index (χ1v) is 10.3. The average molecular weight is 340 g/mol. The van der Waals surface area contributed by atoms with Gasteiger partial charge < -0.3 is 10.4 Å². The van der Waals surface area contributed by atoms with Crippen molar-refractivity contribution in [2.75, 3.05) is 6.54 Å². The van der Waals surface area contributed by atoms with Crippen molar-refractivity contribution in [2.24, 2.45) is 0 Å². The van der Waals surface area contributed by atoms with Gasteiger partial charge in [-0.25, -0.2) is 0 Å². The Morgan fingerprint density at radius 1 is 0.833 bits per heavy atom. The maximum absolute atomic E-state index is 11.1. The summed E-state index contributed by atoms with van der Waals surface area (Å²) in [7, 11) is 0. The topological polar surface area (TPSA) is 49.3 Å². The number of allylic oxidation sites excluding steroid dienone is 2. The molecular formula is C21H41NO2. The number of carbonyl (C=O) groups excluding carboxylic acids is 1. The van der Waals surface area contributed by atoms with Crippen molar-refractivity contribution in [3.63, 3.8) is 0 Å². The minimum Gasteiger partial charge on any atom is -0.384 e. The van der Waals surface area contributed by atoms with Crippen LogP contribution in [0.3, 0.4) is 0 Å². The third-order valence-corrected chi connectivity index (χ3v) is 4.37. The van der Waals surface area contributed by atoms with Gasteiger partial charge in [0.05, 0.1) is 0 Å². The number of amides is 1.